The molecule has 1 aliphatic carbocycles. The minimum atomic E-state index is -0.977. The highest BCUT2D eigenvalue weighted by Crippen LogP contribution is 2.44. The Morgan fingerprint density at radius 3 is 2.50 bits per heavy atom. The lowest BCUT2D eigenvalue weighted by molar-refractivity contribution is -0.131. The molecule has 3 nitrogen and oxygen atoms in total. The fraction of sp³-hybridized carbons (Fsp3) is 0.625. The molecule has 0 radical (unpaired) electrons. The molecule has 112 valence electrons. The normalized spacial score (nSPS) is 28.1. The van der Waals surface area contributed by atoms with E-state index in [1.165, 1.54) is 7.11 Å². The van der Waals surface area contributed by atoms with Crippen LogP contribution in [0.25, 0.3) is 0 Å². The van der Waals surface area contributed by atoms with Crippen LogP contribution < -0.4 is 4.74 Å². The number of methoxy groups -OCH3 is 2. The van der Waals surface area contributed by atoms with Gasteiger partial charge in [-0.15, -0.1) is 0 Å². The van der Waals surface area contributed by atoms with Gasteiger partial charge in [-0.2, -0.15) is 0 Å². The first-order chi connectivity index (χ1) is 9.54. The fourth-order valence-corrected chi connectivity index (χ4v) is 3.02. The SMILES string of the molecule is COc1cccc(C(O)C2(OC)CCC(C)CC2)c1F. The van der Waals surface area contributed by atoms with Gasteiger partial charge in [0.1, 0.15) is 6.10 Å². The summed E-state index contributed by atoms with van der Waals surface area (Å²) in [4.78, 5) is 0. The zero-order valence-corrected chi connectivity index (χ0v) is 12.4. The van der Waals surface area contributed by atoms with E-state index in [0.717, 1.165) is 25.7 Å². The maximum absolute atomic E-state index is 14.3. The highest BCUT2D eigenvalue weighted by atomic mass is 19.1. The Morgan fingerprint density at radius 1 is 1.30 bits per heavy atom. The van der Waals surface area contributed by atoms with Crippen LogP contribution in [-0.2, 0) is 4.74 Å². The molecule has 0 aromatic heterocycles. The Kier molecular flexibility index (Phi) is 4.66. The molecule has 0 amide bonds. The maximum atomic E-state index is 14.3. The summed E-state index contributed by atoms with van der Waals surface area (Å²) in [5.41, 5.74) is -0.444. The number of rotatable bonds is 4. The van der Waals surface area contributed by atoms with Crippen molar-refractivity contribution in [2.45, 2.75) is 44.3 Å². The van der Waals surface area contributed by atoms with E-state index in [4.69, 9.17) is 9.47 Å². The molecule has 2 rings (SSSR count). The van der Waals surface area contributed by atoms with Gasteiger partial charge in [0.25, 0.3) is 0 Å². The van der Waals surface area contributed by atoms with Crippen molar-refractivity contribution < 1.29 is 19.0 Å². The molecule has 0 bridgehead atoms. The Balaban J connectivity index is 2.31. The second-order valence-electron chi connectivity index (χ2n) is 5.72. The molecule has 0 spiro atoms. The van der Waals surface area contributed by atoms with Crippen molar-refractivity contribution in [2.24, 2.45) is 5.92 Å². The van der Waals surface area contributed by atoms with Crippen molar-refractivity contribution in [2.75, 3.05) is 14.2 Å². The molecule has 0 heterocycles. The predicted octanol–water partition coefficient (Wildman–Crippen LogP) is 3.46. The number of halogens is 1. The quantitative estimate of drug-likeness (QED) is 0.919. The Labute approximate surface area is 119 Å². The first kappa shape index (κ1) is 15.3. The van der Waals surface area contributed by atoms with Crippen LogP contribution in [0.5, 0.6) is 5.75 Å². The van der Waals surface area contributed by atoms with Crippen LogP contribution in [0.2, 0.25) is 0 Å². The Morgan fingerprint density at radius 2 is 1.95 bits per heavy atom. The minimum Gasteiger partial charge on any atom is -0.494 e. The van der Waals surface area contributed by atoms with Gasteiger partial charge in [-0.1, -0.05) is 19.1 Å². The average Bonchev–Trinajstić information content (AvgIpc) is 2.48. The summed E-state index contributed by atoms with van der Waals surface area (Å²) < 4.78 is 24.9. The van der Waals surface area contributed by atoms with Crippen LogP contribution in [0.3, 0.4) is 0 Å². The summed E-state index contributed by atoms with van der Waals surface area (Å²) in [5, 5.41) is 10.7. The van der Waals surface area contributed by atoms with Crippen LogP contribution in [0.15, 0.2) is 18.2 Å². The van der Waals surface area contributed by atoms with Crippen molar-refractivity contribution in [3.05, 3.63) is 29.6 Å². The largest absolute Gasteiger partial charge is 0.494 e. The first-order valence-corrected chi connectivity index (χ1v) is 7.09. The van der Waals surface area contributed by atoms with Gasteiger partial charge >= 0.3 is 0 Å². The summed E-state index contributed by atoms with van der Waals surface area (Å²) in [6.07, 6.45) is 2.47. The smallest absolute Gasteiger partial charge is 0.170 e. The van der Waals surface area contributed by atoms with Gasteiger partial charge < -0.3 is 14.6 Å². The van der Waals surface area contributed by atoms with Crippen molar-refractivity contribution in [1.29, 1.82) is 0 Å². The number of ether oxygens (including phenoxy) is 2. The van der Waals surface area contributed by atoms with Crippen molar-refractivity contribution in [3.63, 3.8) is 0 Å². The zero-order chi connectivity index (χ0) is 14.8. The summed E-state index contributed by atoms with van der Waals surface area (Å²) >= 11 is 0. The van der Waals surface area contributed by atoms with Gasteiger partial charge in [-0.3, -0.25) is 0 Å². The van der Waals surface area contributed by atoms with E-state index in [1.54, 1.807) is 25.3 Å². The number of benzene rings is 1. The molecule has 1 unspecified atom stereocenters. The zero-order valence-electron chi connectivity index (χ0n) is 12.4. The molecule has 1 saturated carbocycles. The Bertz CT molecular complexity index is 453. The first-order valence-electron chi connectivity index (χ1n) is 7.09. The highest BCUT2D eigenvalue weighted by molar-refractivity contribution is 5.33. The van der Waals surface area contributed by atoms with Gasteiger partial charge in [-0.25, -0.2) is 4.39 Å². The van der Waals surface area contributed by atoms with E-state index < -0.39 is 17.5 Å². The second kappa shape index (κ2) is 6.10. The highest BCUT2D eigenvalue weighted by Gasteiger charge is 2.42. The third-order valence-corrected chi connectivity index (χ3v) is 4.53. The molecule has 1 aliphatic rings. The Hall–Kier alpha value is -1.13. The van der Waals surface area contributed by atoms with Crippen LogP contribution in [0, 0.1) is 11.7 Å². The lowest BCUT2D eigenvalue weighted by atomic mass is 9.74. The minimum absolute atomic E-state index is 0.150. The molecule has 0 saturated heterocycles. The van der Waals surface area contributed by atoms with Crippen LogP contribution in [0.1, 0.15) is 44.3 Å². The maximum Gasteiger partial charge on any atom is 0.170 e. The average molecular weight is 282 g/mol. The fourth-order valence-electron chi connectivity index (χ4n) is 3.02. The van der Waals surface area contributed by atoms with Gasteiger partial charge in [-0.05, 0) is 37.7 Å². The molecule has 1 fully saturated rings. The monoisotopic (exact) mass is 282 g/mol. The summed E-state index contributed by atoms with van der Waals surface area (Å²) in [6.45, 7) is 2.19. The summed E-state index contributed by atoms with van der Waals surface area (Å²) in [5.74, 6) is 0.273. The van der Waals surface area contributed by atoms with Crippen molar-refractivity contribution in [1.82, 2.24) is 0 Å². The molecule has 0 aliphatic heterocycles. The third kappa shape index (κ3) is 2.67. The summed E-state index contributed by atoms with van der Waals surface area (Å²) in [7, 11) is 3.01. The molecular formula is C16H23FO3. The van der Waals surface area contributed by atoms with Crippen molar-refractivity contribution >= 4 is 0 Å². The molecule has 1 aromatic rings. The number of hydrogen-bond acceptors (Lipinski definition) is 3. The molecular weight excluding hydrogens is 259 g/mol. The molecule has 1 aromatic carbocycles. The van der Waals surface area contributed by atoms with Crippen LogP contribution in [-0.4, -0.2) is 24.9 Å². The van der Waals surface area contributed by atoms with Crippen molar-refractivity contribution in [3.8, 4) is 5.75 Å². The predicted molar refractivity (Wildman–Crippen MR) is 75.3 cm³/mol. The molecule has 20 heavy (non-hydrogen) atoms. The van der Waals surface area contributed by atoms with Gasteiger partial charge in [0.15, 0.2) is 11.6 Å². The second-order valence-corrected chi connectivity index (χ2v) is 5.72. The molecule has 1 atom stereocenters. The topological polar surface area (TPSA) is 38.7 Å². The molecule has 1 N–H and O–H groups in total. The van der Waals surface area contributed by atoms with Crippen LogP contribution in [0.4, 0.5) is 4.39 Å². The summed E-state index contributed by atoms with van der Waals surface area (Å²) in [6, 6.07) is 4.84. The van der Waals surface area contributed by atoms with E-state index in [1.807, 2.05) is 0 Å². The third-order valence-electron chi connectivity index (χ3n) is 4.53. The van der Waals surface area contributed by atoms with E-state index in [2.05, 4.69) is 6.92 Å². The van der Waals surface area contributed by atoms with Gasteiger partial charge in [0.05, 0.1) is 12.7 Å². The standard InChI is InChI=1S/C16H23FO3/c1-11-7-9-16(20-3,10-8-11)15(18)12-5-4-6-13(19-2)14(12)17/h4-6,11,15,18H,7-10H2,1-3H3. The van der Waals surface area contributed by atoms with Gasteiger partial charge in [0.2, 0.25) is 0 Å². The van der Waals surface area contributed by atoms with E-state index in [9.17, 15) is 9.50 Å². The van der Waals surface area contributed by atoms with E-state index in [0.29, 0.717) is 5.92 Å². The number of hydrogen-bond donors (Lipinski definition) is 1. The number of aliphatic hydroxyl groups is 1. The number of aliphatic hydroxyl groups excluding tert-OH is 1. The lowest BCUT2D eigenvalue weighted by Crippen LogP contribution is -2.42. The van der Waals surface area contributed by atoms with E-state index >= 15 is 0 Å². The van der Waals surface area contributed by atoms with E-state index in [-0.39, 0.29) is 11.3 Å². The lowest BCUT2D eigenvalue weighted by Gasteiger charge is -2.42. The van der Waals surface area contributed by atoms with Gasteiger partial charge in [0, 0.05) is 12.7 Å². The van der Waals surface area contributed by atoms with Crippen LogP contribution >= 0.6 is 0 Å². The molecule has 4 heteroatoms.